The van der Waals surface area contributed by atoms with Crippen LogP contribution in [0, 0.1) is 0 Å². The molecule has 0 bridgehead atoms. The first-order valence-corrected chi connectivity index (χ1v) is 3.74. The molecule has 4 heteroatoms. The molecule has 0 spiro atoms. The van der Waals surface area contributed by atoms with E-state index < -0.39 is 0 Å². The summed E-state index contributed by atoms with van der Waals surface area (Å²) in [5.41, 5.74) is 6.41. The van der Waals surface area contributed by atoms with Crippen LogP contribution in [0.15, 0.2) is 12.3 Å². The van der Waals surface area contributed by atoms with E-state index in [9.17, 15) is 0 Å². The van der Waals surface area contributed by atoms with E-state index in [-0.39, 0.29) is 0 Å². The lowest BCUT2D eigenvalue weighted by atomic mass is 10.3. The van der Waals surface area contributed by atoms with Crippen molar-refractivity contribution < 1.29 is 4.84 Å². The van der Waals surface area contributed by atoms with Crippen LogP contribution < -0.4 is 10.6 Å². The maximum atomic E-state index is 5.39. The van der Waals surface area contributed by atoms with Gasteiger partial charge in [-0.1, -0.05) is 0 Å². The predicted molar refractivity (Wildman–Crippen MR) is 42.1 cm³/mol. The maximum absolute atomic E-state index is 5.39. The van der Waals surface area contributed by atoms with Crippen molar-refractivity contribution in [3.05, 3.63) is 18.0 Å². The molecule has 0 atom stereocenters. The van der Waals surface area contributed by atoms with Crippen LogP contribution in [-0.4, -0.2) is 23.1 Å². The molecule has 0 unspecified atom stereocenters. The summed E-state index contributed by atoms with van der Waals surface area (Å²) in [7, 11) is 0. The van der Waals surface area contributed by atoms with Crippen LogP contribution in [0.25, 0.3) is 0 Å². The van der Waals surface area contributed by atoms with Crippen molar-refractivity contribution >= 4 is 0 Å². The van der Waals surface area contributed by atoms with Crippen molar-refractivity contribution in [3.63, 3.8) is 0 Å². The van der Waals surface area contributed by atoms with E-state index in [0.29, 0.717) is 13.2 Å². The molecular formula is C7H13N3O. The smallest absolute Gasteiger partial charge is 0.114 e. The highest BCUT2D eigenvalue weighted by Crippen LogP contribution is 1.95. The van der Waals surface area contributed by atoms with Gasteiger partial charge in [-0.05, 0) is 19.5 Å². The first-order valence-electron chi connectivity index (χ1n) is 3.74. The van der Waals surface area contributed by atoms with Gasteiger partial charge in [0, 0.05) is 6.42 Å². The van der Waals surface area contributed by atoms with Gasteiger partial charge < -0.3 is 10.6 Å². The Morgan fingerprint density at radius 3 is 3.18 bits per heavy atom. The van der Waals surface area contributed by atoms with Gasteiger partial charge in [-0.15, -0.1) is 9.94 Å². The standard InChI is InChI=1S/C7H13N3O/c1-2-11-10-7(3-5-8)4-6-9-10/h4,6H,2-3,5,8H2,1H3. The van der Waals surface area contributed by atoms with Gasteiger partial charge in [-0.25, -0.2) is 0 Å². The molecule has 0 saturated carbocycles. The third-order valence-electron chi connectivity index (χ3n) is 1.34. The molecule has 1 aromatic rings. The number of nitrogens with two attached hydrogens (primary N) is 1. The van der Waals surface area contributed by atoms with Gasteiger partial charge >= 0.3 is 0 Å². The Morgan fingerprint density at radius 1 is 1.73 bits per heavy atom. The van der Waals surface area contributed by atoms with Crippen molar-refractivity contribution in [2.75, 3.05) is 13.2 Å². The van der Waals surface area contributed by atoms with Crippen molar-refractivity contribution in [3.8, 4) is 0 Å². The van der Waals surface area contributed by atoms with E-state index in [1.165, 1.54) is 4.85 Å². The lowest BCUT2D eigenvalue weighted by Crippen LogP contribution is -2.17. The van der Waals surface area contributed by atoms with Gasteiger partial charge in [0.15, 0.2) is 0 Å². The molecule has 0 aliphatic heterocycles. The molecule has 0 radical (unpaired) electrons. The van der Waals surface area contributed by atoms with Gasteiger partial charge in [0.05, 0.1) is 11.9 Å². The Labute approximate surface area is 65.9 Å². The van der Waals surface area contributed by atoms with Crippen molar-refractivity contribution in [1.29, 1.82) is 0 Å². The van der Waals surface area contributed by atoms with E-state index in [1.54, 1.807) is 6.20 Å². The zero-order valence-corrected chi connectivity index (χ0v) is 6.66. The first kappa shape index (κ1) is 8.07. The topological polar surface area (TPSA) is 53.1 Å². The molecular weight excluding hydrogens is 142 g/mol. The van der Waals surface area contributed by atoms with Gasteiger partial charge in [-0.2, -0.15) is 0 Å². The lowest BCUT2D eigenvalue weighted by Gasteiger charge is -2.04. The fourth-order valence-electron chi connectivity index (χ4n) is 0.883. The number of aromatic nitrogens is 2. The van der Waals surface area contributed by atoms with Crippen LogP contribution in [0.4, 0.5) is 0 Å². The van der Waals surface area contributed by atoms with E-state index in [1.807, 2.05) is 13.0 Å². The van der Waals surface area contributed by atoms with Crippen LogP contribution >= 0.6 is 0 Å². The largest absolute Gasteiger partial charge is 0.397 e. The second-order valence-electron chi connectivity index (χ2n) is 2.15. The Balaban J connectivity index is 2.62. The van der Waals surface area contributed by atoms with Crippen molar-refractivity contribution in [1.82, 2.24) is 9.94 Å². The van der Waals surface area contributed by atoms with E-state index in [2.05, 4.69) is 5.10 Å². The van der Waals surface area contributed by atoms with Crippen LogP contribution in [0.1, 0.15) is 12.6 Å². The predicted octanol–water partition coefficient (Wildman–Crippen LogP) is -0.167. The van der Waals surface area contributed by atoms with Crippen molar-refractivity contribution in [2.24, 2.45) is 5.73 Å². The summed E-state index contributed by atoms with van der Waals surface area (Å²) < 4.78 is 0. The quantitative estimate of drug-likeness (QED) is 0.657. The molecule has 62 valence electrons. The summed E-state index contributed by atoms with van der Waals surface area (Å²) in [4.78, 5) is 6.70. The fraction of sp³-hybridized carbons (Fsp3) is 0.571. The summed E-state index contributed by atoms with van der Waals surface area (Å²) in [6.45, 7) is 3.17. The Kier molecular flexibility index (Phi) is 2.92. The average molecular weight is 155 g/mol. The lowest BCUT2D eigenvalue weighted by molar-refractivity contribution is 0.0863. The molecule has 0 amide bonds. The van der Waals surface area contributed by atoms with Crippen LogP contribution in [-0.2, 0) is 6.42 Å². The molecule has 0 aliphatic carbocycles. The molecule has 1 aromatic heterocycles. The van der Waals surface area contributed by atoms with Gasteiger partial charge in [-0.3, -0.25) is 0 Å². The zero-order chi connectivity index (χ0) is 8.10. The normalized spacial score (nSPS) is 10.0. The number of hydrogen-bond acceptors (Lipinski definition) is 3. The average Bonchev–Trinajstić information content (AvgIpc) is 2.39. The third kappa shape index (κ3) is 1.94. The molecule has 0 aromatic carbocycles. The van der Waals surface area contributed by atoms with Gasteiger partial charge in [0.1, 0.15) is 6.61 Å². The van der Waals surface area contributed by atoms with Gasteiger partial charge in [0.25, 0.3) is 0 Å². The molecule has 11 heavy (non-hydrogen) atoms. The number of hydrogen-bond donors (Lipinski definition) is 1. The molecule has 1 rings (SSSR count). The first-order chi connectivity index (χ1) is 5.38. The van der Waals surface area contributed by atoms with E-state index >= 15 is 0 Å². The Bertz CT molecular complexity index is 189. The highest BCUT2D eigenvalue weighted by Gasteiger charge is 1.99. The minimum atomic E-state index is 0.624. The second-order valence-corrected chi connectivity index (χ2v) is 2.15. The number of rotatable bonds is 4. The van der Waals surface area contributed by atoms with E-state index in [4.69, 9.17) is 10.6 Å². The zero-order valence-electron chi connectivity index (χ0n) is 6.66. The summed E-state index contributed by atoms with van der Waals surface area (Å²) in [6.07, 6.45) is 2.51. The minimum absolute atomic E-state index is 0.624. The summed E-state index contributed by atoms with van der Waals surface area (Å²) >= 11 is 0. The monoisotopic (exact) mass is 155 g/mol. The highest BCUT2D eigenvalue weighted by molar-refractivity contribution is 4.99. The Morgan fingerprint density at radius 2 is 2.55 bits per heavy atom. The van der Waals surface area contributed by atoms with Crippen LogP contribution in [0.2, 0.25) is 0 Å². The maximum Gasteiger partial charge on any atom is 0.114 e. The van der Waals surface area contributed by atoms with Crippen molar-refractivity contribution in [2.45, 2.75) is 13.3 Å². The minimum Gasteiger partial charge on any atom is -0.397 e. The van der Waals surface area contributed by atoms with Crippen LogP contribution in [0.5, 0.6) is 0 Å². The molecule has 0 aliphatic rings. The molecule has 2 N–H and O–H groups in total. The Hall–Kier alpha value is -1.03. The molecule has 0 fully saturated rings. The molecule has 4 nitrogen and oxygen atoms in total. The van der Waals surface area contributed by atoms with Gasteiger partial charge in [0.2, 0.25) is 0 Å². The summed E-state index contributed by atoms with van der Waals surface area (Å²) in [5.74, 6) is 0. The SMILES string of the molecule is CCOn1nccc1CCN. The highest BCUT2D eigenvalue weighted by atomic mass is 16.7. The second kappa shape index (κ2) is 3.98. The van der Waals surface area contributed by atoms with Crippen LogP contribution in [0.3, 0.4) is 0 Å². The number of nitrogens with zero attached hydrogens (tertiary/aromatic N) is 2. The fourth-order valence-corrected chi connectivity index (χ4v) is 0.883. The van der Waals surface area contributed by atoms with E-state index in [0.717, 1.165) is 12.1 Å². The molecule has 1 heterocycles. The molecule has 0 saturated heterocycles. The summed E-state index contributed by atoms with van der Waals surface area (Å²) in [6, 6.07) is 1.91. The summed E-state index contributed by atoms with van der Waals surface area (Å²) in [5, 5.41) is 3.96. The third-order valence-corrected chi connectivity index (χ3v) is 1.34.